The largest absolute Gasteiger partial charge is 0.512 e. The van der Waals surface area contributed by atoms with Crippen molar-refractivity contribution < 1.29 is 9.90 Å². The maximum atomic E-state index is 12.2. The molecule has 0 aromatic heterocycles. The van der Waals surface area contributed by atoms with Crippen LogP contribution in [0.1, 0.15) is 45.8 Å². The van der Waals surface area contributed by atoms with Gasteiger partial charge < -0.3 is 5.11 Å². The van der Waals surface area contributed by atoms with Crippen LogP contribution in [-0.2, 0) is 4.79 Å². The topological polar surface area (TPSA) is 37.3 Å². The lowest BCUT2D eigenvalue weighted by molar-refractivity contribution is -0.113. The summed E-state index contributed by atoms with van der Waals surface area (Å²) in [5.74, 6) is 0.166. The first-order valence-electron chi connectivity index (χ1n) is 7.74. The van der Waals surface area contributed by atoms with Gasteiger partial charge in [0.1, 0.15) is 11.4 Å². The van der Waals surface area contributed by atoms with E-state index in [2.05, 4.69) is 32.9 Å². The first-order valence-corrected chi connectivity index (χ1v) is 10.2. The molecule has 0 saturated heterocycles. The molecule has 0 radical (unpaired) electrons. The summed E-state index contributed by atoms with van der Waals surface area (Å²) >= 11 is 0. The van der Waals surface area contributed by atoms with Crippen LogP contribution in [0.2, 0.25) is 0 Å². The highest BCUT2D eigenvalue weighted by molar-refractivity contribution is 7.76. The Morgan fingerprint density at radius 2 is 1.52 bits per heavy atom. The van der Waals surface area contributed by atoms with E-state index in [0.29, 0.717) is 5.57 Å². The highest BCUT2D eigenvalue weighted by Gasteiger charge is 2.46. The van der Waals surface area contributed by atoms with Crippen LogP contribution in [0.5, 0.6) is 0 Å². The third kappa shape index (κ3) is 3.74. The average Bonchev–Trinajstić information content (AvgIpc) is 2.48. The van der Waals surface area contributed by atoms with Crippen LogP contribution in [0.4, 0.5) is 0 Å². The summed E-state index contributed by atoms with van der Waals surface area (Å²) in [7, 11) is -1.37. The van der Waals surface area contributed by atoms with Crippen molar-refractivity contribution in [1.29, 1.82) is 0 Å². The van der Waals surface area contributed by atoms with Gasteiger partial charge in [-0.25, -0.2) is 0 Å². The molecule has 1 rings (SSSR count). The van der Waals surface area contributed by atoms with Crippen LogP contribution in [-0.4, -0.2) is 29.4 Å². The fourth-order valence-electron chi connectivity index (χ4n) is 3.26. The number of ketones is 1. The van der Waals surface area contributed by atoms with Crippen LogP contribution in [0.3, 0.4) is 0 Å². The van der Waals surface area contributed by atoms with Gasteiger partial charge in [-0.05, 0) is 40.2 Å². The molecule has 2 nitrogen and oxygen atoms in total. The normalized spacial score (nSPS) is 14.5. The number of aliphatic hydroxyl groups excluding tert-OH is 1. The predicted molar refractivity (Wildman–Crippen MR) is 93.7 cm³/mol. The first kappa shape index (κ1) is 17.9. The molecule has 0 heterocycles. The molecule has 0 aliphatic heterocycles. The number of Topliss-reactive ketones (excluding diaryl/α,β-unsaturated/α-hetero) is 1. The van der Waals surface area contributed by atoms with Gasteiger partial charge in [-0.1, -0.05) is 30.3 Å². The number of carbonyl (C=O) groups excluding carboxylic acids is 1. The highest BCUT2D eigenvalue weighted by Crippen LogP contribution is 2.71. The van der Waals surface area contributed by atoms with Crippen molar-refractivity contribution in [2.24, 2.45) is 0 Å². The predicted octanol–water partition coefficient (Wildman–Crippen LogP) is 5.23. The van der Waals surface area contributed by atoms with E-state index in [1.165, 1.54) is 0 Å². The van der Waals surface area contributed by atoms with E-state index in [1.807, 2.05) is 18.2 Å². The maximum Gasteiger partial charge on any atom is 0.163 e. The van der Waals surface area contributed by atoms with Gasteiger partial charge in [0.25, 0.3) is 0 Å². The van der Waals surface area contributed by atoms with Gasteiger partial charge in [0.15, 0.2) is 5.78 Å². The Kier molecular flexibility index (Phi) is 6.61. The van der Waals surface area contributed by atoms with E-state index in [0.717, 1.165) is 24.0 Å². The van der Waals surface area contributed by atoms with Gasteiger partial charge in [0.05, 0.1) is 24.1 Å². The zero-order valence-corrected chi connectivity index (χ0v) is 14.8. The van der Waals surface area contributed by atoms with Gasteiger partial charge in [0.2, 0.25) is 0 Å². The molecule has 0 bridgehead atoms. The summed E-state index contributed by atoms with van der Waals surface area (Å²) in [5, 5.41) is 10.1. The SMILES string of the molecule is CC[P+](CC)(CC)C(/C(C(C)=O)=C(/C)O)c1ccccc1. The highest BCUT2D eigenvalue weighted by atomic mass is 31.2. The van der Waals surface area contributed by atoms with Gasteiger partial charge in [-0.2, -0.15) is 0 Å². The fraction of sp³-hybridized carbons (Fsp3) is 0.500. The summed E-state index contributed by atoms with van der Waals surface area (Å²) in [6.45, 7) is 9.88. The van der Waals surface area contributed by atoms with Crippen LogP contribution >= 0.6 is 7.26 Å². The van der Waals surface area contributed by atoms with E-state index < -0.39 is 7.26 Å². The lowest BCUT2D eigenvalue weighted by Crippen LogP contribution is -2.20. The lowest BCUT2D eigenvalue weighted by atomic mass is 10.0. The molecule has 1 unspecified atom stereocenters. The molecule has 0 spiro atoms. The van der Waals surface area contributed by atoms with Crippen molar-refractivity contribution >= 4 is 13.0 Å². The van der Waals surface area contributed by atoms with E-state index in [4.69, 9.17) is 0 Å². The zero-order chi connectivity index (χ0) is 16.0. The monoisotopic (exact) mass is 307 g/mol. The number of carbonyl (C=O) groups is 1. The number of aliphatic hydroxyl groups is 1. The number of rotatable bonds is 7. The van der Waals surface area contributed by atoms with Crippen molar-refractivity contribution in [2.45, 2.75) is 40.3 Å². The summed E-state index contributed by atoms with van der Waals surface area (Å²) in [5.41, 5.74) is 1.83. The first-order chi connectivity index (χ1) is 9.93. The molecule has 0 amide bonds. The van der Waals surface area contributed by atoms with Crippen molar-refractivity contribution in [3.63, 3.8) is 0 Å². The summed E-state index contributed by atoms with van der Waals surface area (Å²) < 4.78 is 0. The quantitative estimate of drug-likeness (QED) is 0.425. The van der Waals surface area contributed by atoms with Crippen molar-refractivity contribution in [2.75, 3.05) is 18.5 Å². The van der Waals surface area contributed by atoms with Crippen LogP contribution in [0.25, 0.3) is 0 Å². The third-order valence-electron chi connectivity index (χ3n) is 4.59. The third-order valence-corrected chi connectivity index (χ3v) is 10.0. The molecule has 1 aromatic rings. The molecule has 0 aliphatic carbocycles. The second-order valence-corrected chi connectivity index (χ2v) is 10.4. The Morgan fingerprint density at radius 1 is 1.05 bits per heavy atom. The van der Waals surface area contributed by atoms with Crippen molar-refractivity contribution in [1.82, 2.24) is 0 Å². The minimum Gasteiger partial charge on any atom is -0.512 e. The Balaban J connectivity index is 3.58. The van der Waals surface area contributed by atoms with Crippen molar-refractivity contribution in [3.8, 4) is 0 Å². The molecule has 116 valence electrons. The summed E-state index contributed by atoms with van der Waals surface area (Å²) in [4.78, 5) is 12.2. The van der Waals surface area contributed by atoms with Gasteiger partial charge in [0, 0.05) is 7.26 Å². The Labute approximate surface area is 129 Å². The zero-order valence-electron chi connectivity index (χ0n) is 13.9. The number of allylic oxidation sites excluding steroid dienone is 2. The van der Waals surface area contributed by atoms with Gasteiger partial charge >= 0.3 is 0 Å². The molecular weight excluding hydrogens is 279 g/mol. The standard InChI is InChI=1S/C18H27O2P/c1-6-21(7-2,8-3)18(16-12-10-9-11-13-16)17(14(4)19)15(5)20/h9-13,18H,6-8H2,1-5H3/p+1. The lowest BCUT2D eigenvalue weighted by Gasteiger charge is -2.34. The minimum absolute atomic E-state index is 0.0106. The second-order valence-electron chi connectivity index (χ2n) is 5.54. The smallest absolute Gasteiger partial charge is 0.163 e. The molecule has 0 aliphatic rings. The minimum atomic E-state index is -1.37. The Hall–Kier alpha value is -1.14. The van der Waals surface area contributed by atoms with Gasteiger partial charge in [-0.3, -0.25) is 4.79 Å². The molecule has 1 aromatic carbocycles. The van der Waals surface area contributed by atoms with E-state index >= 15 is 0 Å². The number of benzene rings is 1. The summed E-state index contributed by atoms with van der Waals surface area (Å²) in [6.07, 6.45) is 3.26. The van der Waals surface area contributed by atoms with Crippen LogP contribution < -0.4 is 0 Å². The maximum absolute atomic E-state index is 12.2. The molecule has 1 N–H and O–H groups in total. The Bertz CT molecular complexity index is 489. The summed E-state index contributed by atoms with van der Waals surface area (Å²) in [6, 6.07) is 10.2. The van der Waals surface area contributed by atoms with Crippen LogP contribution in [0, 0.1) is 0 Å². The van der Waals surface area contributed by atoms with Crippen molar-refractivity contribution in [3.05, 3.63) is 47.2 Å². The molecule has 3 heteroatoms. The number of hydrogen-bond donors (Lipinski definition) is 1. The average molecular weight is 307 g/mol. The molecule has 1 atom stereocenters. The molecule has 0 fully saturated rings. The fourth-order valence-corrected chi connectivity index (χ4v) is 7.41. The van der Waals surface area contributed by atoms with E-state index in [9.17, 15) is 9.90 Å². The van der Waals surface area contributed by atoms with E-state index in [1.54, 1.807) is 13.8 Å². The van der Waals surface area contributed by atoms with E-state index in [-0.39, 0.29) is 17.2 Å². The second kappa shape index (κ2) is 7.75. The van der Waals surface area contributed by atoms with Gasteiger partial charge in [-0.15, -0.1) is 0 Å². The molecule has 0 saturated carbocycles. The Morgan fingerprint density at radius 3 is 1.86 bits per heavy atom. The molecular formula is C18H28O2P+. The van der Waals surface area contributed by atoms with Crippen LogP contribution in [0.15, 0.2) is 41.7 Å². The molecule has 21 heavy (non-hydrogen) atoms. The number of hydrogen-bond acceptors (Lipinski definition) is 2.